The number of anilines is 1. The summed E-state index contributed by atoms with van der Waals surface area (Å²) < 4.78 is 33.0. The molecule has 10 heteroatoms. The molecule has 0 aliphatic carbocycles. The maximum atomic E-state index is 12.8. The second-order valence-corrected chi connectivity index (χ2v) is 8.35. The molecule has 2 aliphatic heterocycles. The lowest BCUT2D eigenvalue weighted by Gasteiger charge is -2.25. The van der Waals surface area contributed by atoms with Crippen LogP contribution in [-0.2, 0) is 24.4 Å². The summed E-state index contributed by atoms with van der Waals surface area (Å²) in [6, 6.07) is 1.97. The van der Waals surface area contributed by atoms with Crippen LogP contribution in [0, 0.1) is 6.92 Å². The molecule has 0 radical (unpaired) electrons. The summed E-state index contributed by atoms with van der Waals surface area (Å²) >= 11 is 0. The number of hydrogen-bond donors (Lipinski definition) is 2. The number of fused-ring (bicyclic) bond motifs is 1. The lowest BCUT2D eigenvalue weighted by molar-refractivity contribution is -0.136. The van der Waals surface area contributed by atoms with Gasteiger partial charge in [0.1, 0.15) is 11.8 Å². The van der Waals surface area contributed by atoms with Crippen molar-refractivity contribution >= 4 is 33.4 Å². The van der Waals surface area contributed by atoms with E-state index in [9.17, 15) is 22.8 Å². The average Bonchev–Trinajstić information content (AvgIpc) is 3.05. The summed E-state index contributed by atoms with van der Waals surface area (Å²) in [5.74, 6) is -1.11. The molecule has 1 aromatic rings. The third kappa shape index (κ3) is 3.61. The van der Waals surface area contributed by atoms with Gasteiger partial charge in [0.25, 0.3) is 21.8 Å². The zero-order chi connectivity index (χ0) is 19.9. The number of sulfonamides is 1. The Balaban J connectivity index is 1.87. The quantitative estimate of drug-likeness (QED) is 0.770. The van der Waals surface area contributed by atoms with E-state index in [1.54, 1.807) is 13.8 Å². The number of nitrogens with one attached hydrogen (secondary N) is 2. The van der Waals surface area contributed by atoms with Crippen LogP contribution in [0.5, 0.6) is 5.75 Å². The number of aryl methyl sites for hydroxylation is 1. The Kier molecular flexibility index (Phi) is 4.85. The molecule has 0 bridgehead atoms. The maximum absolute atomic E-state index is 12.8. The highest BCUT2D eigenvalue weighted by Crippen LogP contribution is 2.34. The Morgan fingerprint density at radius 3 is 2.70 bits per heavy atom. The predicted octanol–water partition coefficient (Wildman–Crippen LogP) is 0.530. The minimum Gasteiger partial charge on any atom is -0.479 e. The topological polar surface area (TPSA) is 122 Å². The number of carbonyl (C=O) groups excluding carboxylic acids is 3. The number of amides is 3. The summed E-state index contributed by atoms with van der Waals surface area (Å²) in [6.45, 7) is 4.88. The molecule has 0 aromatic heterocycles. The fourth-order valence-corrected chi connectivity index (χ4v) is 4.56. The van der Waals surface area contributed by atoms with Crippen molar-refractivity contribution in [3.8, 4) is 5.75 Å². The van der Waals surface area contributed by atoms with Crippen LogP contribution in [0.3, 0.4) is 0 Å². The lowest BCUT2D eigenvalue weighted by Crippen LogP contribution is -2.47. The number of hydrogen-bond acceptors (Lipinski definition) is 6. The molecular formula is C17H21N3O6S. The zero-order valence-electron chi connectivity index (χ0n) is 15.2. The number of benzene rings is 1. The second-order valence-electron chi connectivity index (χ2n) is 6.70. The largest absolute Gasteiger partial charge is 0.479 e. The Hall–Kier alpha value is -2.62. The van der Waals surface area contributed by atoms with Crippen molar-refractivity contribution in [3.05, 3.63) is 17.7 Å². The fourth-order valence-electron chi connectivity index (χ4n) is 3.30. The molecule has 2 atom stereocenters. The summed E-state index contributed by atoms with van der Waals surface area (Å²) in [6.07, 6.45) is 0.297. The molecule has 0 saturated carbocycles. The molecule has 9 nitrogen and oxygen atoms in total. The first-order valence-electron chi connectivity index (χ1n) is 8.56. The van der Waals surface area contributed by atoms with Crippen molar-refractivity contribution in [3.63, 3.8) is 0 Å². The maximum Gasteiger partial charge on any atom is 0.265 e. The van der Waals surface area contributed by atoms with E-state index in [2.05, 4.69) is 10.0 Å². The van der Waals surface area contributed by atoms with E-state index in [-0.39, 0.29) is 22.5 Å². The minimum atomic E-state index is -4.17. The summed E-state index contributed by atoms with van der Waals surface area (Å²) in [4.78, 5) is 37.0. The molecule has 1 saturated heterocycles. The van der Waals surface area contributed by atoms with Crippen LogP contribution in [0.15, 0.2) is 17.0 Å². The van der Waals surface area contributed by atoms with Crippen LogP contribution >= 0.6 is 0 Å². The fraction of sp³-hybridized carbons (Fsp3) is 0.471. The SMILES string of the molecule is CC(=O)N1CCCC1C(=O)NS(=O)(=O)c1cc2c(cc1C)NC(=O)C(C)O2. The van der Waals surface area contributed by atoms with Gasteiger partial charge in [-0.15, -0.1) is 0 Å². The third-order valence-corrected chi connectivity index (χ3v) is 6.18. The molecule has 3 amide bonds. The van der Waals surface area contributed by atoms with Crippen LogP contribution in [0.25, 0.3) is 0 Å². The second kappa shape index (κ2) is 6.84. The average molecular weight is 395 g/mol. The molecule has 2 unspecified atom stereocenters. The predicted molar refractivity (Wildman–Crippen MR) is 95.6 cm³/mol. The smallest absolute Gasteiger partial charge is 0.265 e. The van der Waals surface area contributed by atoms with Gasteiger partial charge in [-0.25, -0.2) is 13.1 Å². The third-order valence-electron chi connectivity index (χ3n) is 4.69. The van der Waals surface area contributed by atoms with Gasteiger partial charge in [0.15, 0.2) is 6.10 Å². The number of ether oxygens (including phenoxy) is 1. The van der Waals surface area contributed by atoms with E-state index < -0.39 is 28.1 Å². The monoisotopic (exact) mass is 395 g/mol. The summed E-state index contributed by atoms with van der Waals surface area (Å²) in [5, 5.41) is 2.64. The van der Waals surface area contributed by atoms with Crippen molar-refractivity contribution in [2.24, 2.45) is 0 Å². The van der Waals surface area contributed by atoms with Gasteiger partial charge in [0, 0.05) is 19.5 Å². The normalized spacial score (nSPS) is 21.9. The van der Waals surface area contributed by atoms with Gasteiger partial charge in [0.05, 0.1) is 10.6 Å². The standard InChI is InChI=1S/C17H21N3O6S/c1-9-7-12-14(26-10(2)16(22)18-12)8-15(9)27(24,25)19-17(23)13-5-4-6-20(13)11(3)21/h7-8,10,13H,4-6H2,1-3H3,(H,18,22)(H,19,23). The molecule has 2 aliphatic rings. The van der Waals surface area contributed by atoms with E-state index in [0.29, 0.717) is 30.6 Å². The Bertz CT molecular complexity index is 927. The van der Waals surface area contributed by atoms with Gasteiger partial charge in [-0.2, -0.15) is 0 Å². The number of rotatable bonds is 3. The molecular weight excluding hydrogens is 374 g/mol. The van der Waals surface area contributed by atoms with Crippen molar-refractivity contribution in [1.29, 1.82) is 0 Å². The number of carbonyl (C=O) groups is 3. The summed E-state index contributed by atoms with van der Waals surface area (Å²) in [7, 11) is -4.17. The number of nitrogens with zero attached hydrogens (tertiary/aromatic N) is 1. The van der Waals surface area contributed by atoms with Crippen LogP contribution in [0.2, 0.25) is 0 Å². The summed E-state index contributed by atoms with van der Waals surface area (Å²) in [5.41, 5.74) is 0.724. The Labute approximate surface area is 157 Å². The van der Waals surface area contributed by atoms with Crippen molar-refractivity contribution < 1.29 is 27.5 Å². The molecule has 0 spiro atoms. The first-order valence-corrected chi connectivity index (χ1v) is 10.0. The van der Waals surface area contributed by atoms with Gasteiger partial charge in [-0.1, -0.05) is 0 Å². The Morgan fingerprint density at radius 1 is 1.33 bits per heavy atom. The van der Waals surface area contributed by atoms with Crippen molar-refractivity contribution in [1.82, 2.24) is 9.62 Å². The van der Waals surface area contributed by atoms with Crippen molar-refractivity contribution in [2.45, 2.75) is 50.7 Å². The molecule has 2 N–H and O–H groups in total. The molecule has 146 valence electrons. The molecule has 3 rings (SSSR count). The van der Waals surface area contributed by atoms with Gasteiger partial charge >= 0.3 is 0 Å². The van der Waals surface area contributed by atoms with Gasteiger partial charge in [-0.3, -0.25) is 14.4 Å². The van der Waals surface area contributed by atoms with Gasteiger partial charge in [-0.05, 0) is 38.3 Å². The van der Waals surface area contributed by atoms with E-state index in [1.807, 2.05) is 0 Å². The van der Waals surface area contributed by atoms with E-state index >= 15 is 0 Å². The first kappa shape index (κ1) is 19.2. The van der Waals surface area contributed by atoms with Gasteiger partial charge < -0.3 is 15.0 Å². The minimum absolute atomic E-state index is 0.120. The Morgan fingerprint density at radius 2 is 2.04 bits per heavy atom. The van der Waals surface area contributed by atoms with E-state index in [0.717, 1.165) is 0 Å². The van der Waals surface area contributed by atoms with Crippen LogP contribution < -0.4 is 14.8 Å². The highest BCUT2D eigenvalue weighted by atomic mass is 32.2. The van der Waals surface area contributed by atoms with Crippen LogP contribution in [0.1, 0.15) is 32.3 Å². The van der Waals surface area contributed by atoms with E-state index in [1.165, 1.54) is 24.0 Å². The highest BCUT2D eigenvalue weighted by Gasteiger charge is 2.35. The molecule has 1 fully saturated rings. The lowest BCUT2D eigenvalue weighted by atomic mass is 10.1. The van der Waals surface area contributed by atoms with Gasteiger partial charge in [0.2, 0.25) is 5.91 Å². The first-order chi connectivity index (χ1) is 12.6. The van der Waals surface area contributed by atoms with Crippen LogP contribution in [-0.4, -0.2) is 49.7 Å². The highest BCUT2D eigenvalue weighted by molar-refractivity contribution is 7.90. The number of likely N-dealkylation sites (tertiary alicyclic amines) is 1. The molecule has 2 heterocycles. The van der Waals surface area contributed by atoms with E-state index in [4.69, 9.17) is 4.74 Å². The van der Waals surface area contributed by atoms with Crippen LogP contribution in [0.4, 0.5) is 5.69 Å². The molecule has 27 heavy (non-hydrogen) atoms. The zero-order valence-corrected chi connectivity index (χ0v) is 16.1. The molecule has 1 aromatic carbocycles. The van der Waals surface area contributed by atoms with Crippen molar-refractivity contribution in [2.75, 3.05) is 11.9 Å².